The number of pyridine rings is 1. The Balaban J connectivity index is 0.965. The van der Waals surface area contributed by atoms with Crippen LogP contribution in [0.25, 0.3) is 101 Å². The summed E-state index contributed by atoms with van der Waals surface area (Å²) in [5, 5.41) is 0. The molecule has 2 aromatic heterocycles. The van der Waals surface area contributed by atoms with Crippen LogP contribution in [0.2, 0.25) is 0 Å². The quantitative estimate of drug-likeness (QED) is 0.160. The Hall–Kier alpha value is -8.79. The number of nitrogens with zero attached hydrogens (tertiary/aromatic N) is 3. The fourth-order valence-electron chi connectivity index (χ4n) is 12.4. The van der Waals surface area contributed by atoms with Crippen molar-refractivity contribution in [3.05, 3.63) is 269 Å². The standard InChI is InChI=1S/C74H61N3/c1-46-39-47(2)41-53(40-46)56-17-9-10-18-57(56)58-36-30-51(42-63(58)50-29-37-62-61-21-13-16-24-66(61)74(67(62)43-50)64-22-14-11-19-59(64)60-20-12-15-23-65(60)74)68-38-31-52(45-75-68)71-76-69(48-25-32-54(33-26-48)72(3,4)5)44-70(77-71)49-27-34-55(35-28-49)73(6,7)8/h9-45H,1-8H3. The average molecular weight is 992 g/mol. The van der Waals surface area contributed by atoms with Crippen molar-refractivity contribution in [3.8, 4) is 101 Å². The Morgan fingerprint density at radius 3 is 1.23 bits per heavy atom. The van der Waals surface area contributed by atoms with Crippen LogP contribution in [-0.2, 0) is 16.2 Å². The number of fused-ring (bicyclic) bond motifs is 10. The van der Waals surface area contributed by atoms with Crippen LogP contribution in [0.4, 0.5) is 0 Å². The summed E-state index contributed by atoms with van der Waals surface area (Å²) in [5.74, 6) is 0.638. The molecule has 3 heteroatoms. The molecule has 0 atom stereocenters. The van der Waals surface area contributed by atoms with E-state index in [-0.39, 0.29) is 10.8 Å². The number of aromatic nitrogens is 3. The molecule has 0 saturated carbocycles. The maximum Gasteiger partial charge on any atom is 0.161 e. The third kappa shape index (κ3) is 8.15. The first-order chi connectivity index (χ1) is 37.2. The summed E-state index contributed by atoms with van der Waals surface area (Å²) in [5.41, 5.74) is 28.9. The third-order valence-electron chi connectivity index (χ3n) is 16.2. The average Bonchev–Trinajstić information content (AvgIpc) is 3.89. The van der Waals surface area contributed by atoms with Crippen LogP contribution in [0.15, 0.2) is 225 Å². The molecular weight excluding hydrogens is 931 g/mol. The maximum atomic E-state index is 5.24. The SMILES string of the molecule is Cc1cc(C)cc(-c2ccccc2-c2ccc(-c3ccc(-c4nc(-c5ccc(C(C)(C)C)cc5)cc(-c5ccc(C(C)(C)C)cc5)n4)cn3)cc2-c2ccc3c(c2)C2(c4ccccc4-c4ccccc42)c2ccccc2-3)c1. The van der Waals surface area contributed by atoms with Crippen molar-refractivity contribution < 1.29 is 0 Å². The van der Waals surface area contributed by atoms with Gasteiger partial charge in [-0.3, -0.25) is 4.98 Å². The molecule has 0 fully saturated rings. The molecular formula is C74H61N3. The summed E-state index contributed by atoms with van der Waals surface area (Å²) in [6.07, 6.45) is 1.94. The Morgan fingerprint density at radius 1 is 0.299 bits per heavy atom. The van der Waals surface area contributed by atoms with Gasteiger partial charge < -0.3 is 0 Å². The molecule has 2 heterocycles. The molecule has 2 aliphatic rings. The molecule has 0 amide bonds. The van der Waals surface area contributed by atoms with Gasteiger partial charge in [0.2, 0.25) is 0 Å². The number of benzene rings is 9. The molecule has 11 aromatic rings. The molecule has 0 N–H and O–H groups in total. The monoisotopic (exact) mass is 991 g/mol. The molecule has 3 nitrogen and oxygen atoms in total. The molecule has 77 heavy (non-hydrogen) atoms. The topological polar surface area (TPSA) is 38.7 Å². The largest absolute Gasteiger partial charge is 0.255 e. The maximum absolute atomic E-state index is 5.24. The molecule has 372 valence electrons. The summed E-state index contributed by atoms with van der Waals surface area (Å²) in [7, 11) is 0. The minimum Gasteiger partial charge on any atom is -0.255 e. The van der Waals surface area contributed by atoms with Gasteiger partial charge in [-0.2, -0.15) is 0 Å². The van der Waals surface area contributed by atoms with Crippen LogP contribution in [0.1, 0.15) is 86.1 Å². The zero-order chi connectivity index (χ0) is 52.8. The van der Waals surface area contributed by atoms with E-state index >= 15 is 0 Å². The molecule has 9 aromatic carbocycles. The Bertz CT molecular complexity index is 3950. The number of rotatable bonds is 7. The van der Waals surface area contributed by atoms with E-state index < -0.39 is 5.41 Å². The highest BCUT2D eigenvalue weighted by molar-refractivity contribution is 5.98. The molecule has 13 rings (SSSR count). The number of hydrogen-bond donors (Lipinski definition) is 0. The lowest BCUT2D eigenvalue weighted by atomic mass is 9.70. The van der Waals surface area contributed by atoms with Gasteiger partial charge in [-0.05, 0) is 144 Å². The first-order valence-corrected chi connectivity index (χ1v) is 27.1. The zero-order valence-electron chi connectivity index (χ0n) is 45.2. The molecule has 0 aliphatic heterocycles. The predicted octanol–water partition coefficient (Wildman–Crippen LogP) is 19.1. The van der Waals surface area contributed by atoms with Gasteiger partial charge in [0.1, 0.15) is 0 Å². The first kappa shape index (κ1) is 47.9. The Labute approximate surface area is 454 Å². The van der Waals surface area contributed by atoms with Crippen LogP contribution in [0, 0.1) is 13.8 Å². The minimum atomic E-state index is -0.466. The van der Waals surface area contributed by atoms with Crippen LogP contribution in [-0.4, -0.2) is 15.0 Å². The summed E-state index contributed by atoms with van der Waals surface area (Å²) in [4.78, 5) is 15.7. The van der Waals surface area contributed by atoms with Gasteiger partial charge in [0.25, 0.3) is 0 Å². The van der Waals surface area contributed by atoms with Gasteiger partial charge in [-0.15, -0.1) is 0 Å². The lowest BCUT2D eigenvalue weighted by molar-refractivity contribution is 0.590. The van der Waals surface area contributed by atoms with E-state index in [9.17, 15) is 0 Å². The van der Waals surface area contributed by atoms with Gasteiger partial charge >= 0.3 is 0 Å². The molecule has 0 saturated heterocycles. The van der Waals surface area contributed by atoms with E-state index in [0.717, 1.165) is 50.5 Å². The van der Waals surface area contributed by atoms with E-state index in [1.807, 2.05) is 6.20 Å². The first-order valence-electron chi connectivity index (χ1n) is 27.1. The molecule has 0 bridgehead atoms. The predicted molar refractivity (Wildman–Crippen MR) is 321 cm³/mol. The molecule has 0 radical (unpaired) electrons. The van der Waals surface area contributed by atoms with Gasteiger partial charge in [-0.1, -0.05) is 241 Å². The molecule has 0 unspecified atom stereocenters. The molecule has 2 aliphatic carbocycles. The van der Waals surface area contributed by atoms with Crippen molar-refractivity contribution in [2.45, 2.75) is 71.6 Å². The number of aryl methyl sites for hydroxylation is 2. The van der Waals surface area contributed by atoms with Crippen LogP contribution >= 0.6 is 0 Å². The van der Waals surface area contributed by atoms with Crippen LogP contribution < -0.4 is 0 Å². The van der Waals surface area contributed by atoms with Crippen LogP contribution in [0.5, 0.6) is 0 Å². The molecule has 1 spiro atoms. The number of hydrogen-bond acceptors (Lipinski definition) is 3. The van der Waals surface area contributed by atoms with E-state index in [1.54, 1.807) is 0 Å². The highest BCUT2D eigenvalue weighted by Gasteiger charge is 2.51. The smallest absolute Gasteiger partial charge is 0.161 e. The van der Waals surface area contributed by atoms with Gasteiger partial charge in [0, 0.05) is 28.5 Å². The minimum absolute atomic E-state index is 0.0424. The van der Waals surface area contributed by atoms with Gasteiger partial charge in [-0.25, -0.2) is 9.97 Å². The van der Waals surface area contributed by atoms with Crippen molar-refractivity contribution in [1.82, 2.24) is 15.0 Å². The zero-order valence-corrected chi connectivity index (χ0v) is 45.2. The third-order valence-corrected chi connectivity index (χ3v) is 16.2. The summed E-state index contributed by atoms with van der Waals surface area (Å²) < 4.78 is 0. The lowest BCUT2D eigenvalue weighted by Crippen LogP contribution is -2.25. The normalized spacial score (nSPS) is 13.0. The van der Waals surface area contributed by atoms with E-state index in [2.05, 4.69) is 274 Å². The van der Waals surface area contributed by atoms with Crippen LogP contribution in [0.3, 0.4) is 0 Å². The second-order valence-electron chi connectivity index (χ2n) is 23.4. The lowest BCUT2D eigenvalue weighted by Gasteiger charge is -2.30. The van der Waals surface area contributed by atoms with Gasteiger partial charge in [0.05, 0.1) is 22.5 Å². The van der Waals surface area contributed by atoms with E-state index in [0.29, 0.717) is 5.82 Å². The fourth-order valence-corrected chi connectivity index (χ4v) is 12.4. The van der Waals surface area contributed by atoms with E-state index in [1.165, 1.54) is 89.0 Å². The van der Waals surface area contributed by atoms with Gasteiger partial charge in [0.15, 0.2) is 5.82 Å². The van der Waals surface area contributed by atoms with Crippen molar-refractivity contribution in [3.63, 3.8) is 0 Å². The second-order valence-corrected chi connectivity index (χ2v) is 23.4. The Kier molecular flexibility index (Phi) is 11.3. The summed E-state index contributed by atoms with van der Waals surface area (Å²) >= 11 is 0. The Morgan fingerprint density at radius 2 is 0.727 bits per heavy atom. The van der Waals surface area contributed by atoms with Crippen molar-refractivity contribution >= 4 is 0 Å². The van der Waals surface area contributed by atoms with E-state index in [4.69, 9.17) is 15.0 Å². The van der Waals surface area contributed by atoms with Crippen molar-refractivity contribution in [1.29, 1.82) is 0 Å². The van der Waals surface area contributed by atoms with Crippen molar-refractivity contribution in [2.75, 3.05) is 0 Å². The highest BCUT2D eigenvalue weighted by atomic mass is 14.9. The highest BCUT2D eigenvalue weighted by Crippen LogP contribution is 2.63. The second kappa shape index (κ2) is 18.2. The summed E-state index contributed by atoms with van der Waals surface area (Å²) in [6, 6.07) is 81.1. The fraction of sp³-hybridized carbons (Fsp3) is 0.149. The summed E-state index contributed by atoms with van der Waals surface area (Å²) in [6.45, 7) is 17.9. The van der Waals surface area contributed by atoms with Crippen molar-refractivity contribution in [2.24, 2.45) is 0 Å².